The van der Waals surface area contributed by atoms with E-state index in [0.29, 0.717) is 12.3 Å². The smallest absolute Gasteiger partial charge is 0.309 e. The van der Waals surface area contributed by atoms with Crippen molar-refractivity contribution in [2.75, 3.05) is 0 Å². The van der Waals surface area contributed by atoms with E-state index in [0.717, 1.165) is 29.9 Å². The van der Waals surface area contributed by atoms with Gasteiger partial charge in [0, 0.05) is 0 Å². The maximum Gasteiger partial charge on any atom is 0.309 e. The first-order valence-corrected chi connectivity index (χ1v) is 10.9. The van der Waals surface area contributed by atoms with Crippen LogP contribution in [-0.2, 0) is 16.0 Å². The van der Waals surface area contributed by atoms with Crippen molar-refractivity contribution in [3.8, 4) is 0 Å². The van der Waals surface area contributed by atoms with E-state index in [-0.39, 0.29) is 12.1 Å². The maximum atomic E-state index is 11.0. The molecule has 0 amide bonds. The summed E-state index contributed by atoms with van der Waals surface area (Å²) in [6.45, 7) is 7.04. The van der Waals surface area contributed by atoms with E-state index in [4.69, 9.17) is 11.3 Å². The molecule has 3 heteroatoms. The molecule has 1 saturated heterocycles. The Labute approximate surface area is 163 Å². The summed E-state index contributed by atoms with van der Waals surface area (Å²) >= 11 is 0. The number of ether oxygens (including phenoxy) is 1. The highest BCUT2D eigenvalue weighted by molar-refractivity contribution is 5.75. The molecule has 3 aliphatic rings. The van der Waals surface area contributed by atoms with Crippen molar-refractivity contribution < 1.29 is 9.53 Å². The summed E-state index contributed by atoms with van der Waals surface area (Å²) in [6.07, 6.45) is 14.2. The van der Waals surface area contributed by atoms with Crippen molar-refractivity contribution in [3.63, 3.8) is 0 Å². The number of esters is 1. The van der Waals surface area contributed by atoms with Gasteiger partial charge in [-0.1, -0.05) is 42.7 Å². The highest BCUT2D eigenvalue weighted by atomic mass is 16.6. The van der Waals surface area contributed by atoms with Crippen molar-refractivity contribution in [1.29, 1.82) is 0 Å². The molecule has 3 nitrogen and oxygen atoms in total. The predicted octanol–water partition coefficient (Wildman–Crippen LogP) is 6.10. The van der Waals surface area contributed by atoms with Gasteiger partial charge in [0.25, 0.3) is 0 Å². The van der Waals surface area contributed by atoms with E-state index in [1.807, 2.05) is 12.1 Å². The largest absolute Gasteiger partial charge is 0.461 e. The van der Waals surface area contributed by atoms with Crippen LogP contribution in [0.5, 0.6) is 0 Å². The Hall–Kier alpha value is -1.82. The van der Waals surface area contributed by atoms with Gasteiger partial charge in [-0.25, -0.2) is 4.85 Å². The molecule has 0 bridgehead atoms. The molecular weight excluding hydrogens is 334 g/mol. The molecule has 0 radical (unpaired) electrons. The molecule has 2 saturated carbocycles. The molecule has 144 valence electrons. The van der Waals surface area contributed by atoms with Crippen molar-refractivity contribution in [3.05, 3.63) is 41.2 Å². The van der Waals surface area contributed by atoms with Crippen LogP contribution in [0.4, 0.5) is 5.69 Å². The van der Waals surface area contributed by atoms with Gasteiger partial charge in [-0.2, -0.15) is 0 Å². The molecule has 1 unspecified atom stereocenters. The van der Waals surface area contributed by atoms with Crippen LogP contribution < -0.4 is 0 Å². The normalized spacial score (nSPS) is 33.6. The molecule has 1 atom stereocenters. The molecule has 0 N–H and O–H groups in total. The lowest BCUT2D eigenvalue weighted by Gasteiger charge is -2.41. The first-order valence-electron chi connectivity index (χ1n) is 10.9. The standard InChI is InChI=1S/C24H31NO2/c1-25-22-14-6-18(7-15-22)3-2-17-4-8-19(9-5-17)20-10-12-21(13-11-20)23-16-24(26)27-23/h6-7,14-15,17,19-21,23H,2-5,8-13,16H2. The van der Waals surface area contributed by atoms with E-state index in [1.165, 1.54) is 63.4 Å². The van der Waals surface area contributed by atoms with Crippen molar-refractivity contribution in [2.24, 2.45) is 23.7 Å². The molecule has 0 spiro atoms. The SMILES string of the molecule is [C-]#[N+]c1ccc(CCC2CCC(C3CCC(C4CC(=O)O4)CC3)CC2)cc1. The second-order valence-corrected chi connectivity index (χ2v) is 9.01. The van der Waals surface area contributed by atoms with Crippen molar-refractivity contribution >= 4 is 11.7 Å². The summed E-state index contributed by atoms with van der Waals surface area (Å²) in [5.74, 6) is 3.38. The van der Waals surface area contributed by atoms with E-state index < -0.39 is 0 Å². The van der Waals surface area contributed by atoms with Crippen molar-refractivity contribution in [2.45, 2.75) is 76.7 Å². The van der Waals surface area contributed by atoms with Crippen LogP contribution in [0, 0.1) is 30.2 Å². The Morgan fingerprint density at radius 1 is 0.889 bits per heavy atom. The molecule has 1 aromatic rings. The van der Waals surface area contributed by atoms with Gasteiger partial charge in [-0.15, -0.1) is 0 Å². The Morgan fingerprint density at radius 2 is 1.44 bits per heavy atom. The van der Waals surface area contributed by atoms with Crippen LogP contribution in [0.3, 0.4) is 0 Å². The van der Waals surface area contributed by atoms with Gasteiger partial charge >= 0.3 is 5.97 Å². The fraction of sp³-hybridized carbons (Fsp3) is 0.667. The van der Waals surface area contributed by atoms with E-state index in [2.05, 4.69) is 17.0 Å². The third kappa shape index (κ3) is 4.54. The molecule has 4 rings (SSSR count). The summed E-state index contributed by atoms with van der Waals surface area (Å²) in [4.78, 5) is 14.5. The van der Waals surface area contributed by atoms with Gasteiger partial charge in [0.2, 0.25) is 0 Å². The van der Waals surface area contributed by atoms with Gasteiger partial charge in [0.05, 0.1) is 13.0 Å². The zero-order valence-electron chi connectivity index (χ0n) is 16.2. The number of hydrogen-bond acceptors (Lipinski definition) is 2. The Morgan fingerprint density at radius 3 is 2.00 bits per heavy atom. The van der Waals surface area contributed by atoms with Crippen LogP contribution in [0.1, 0.15) is 69.8 Å². The predicted molar refractivity (Wildman–Crippen MR) is 106 cm³/mol. The number of benzene rings is 1. The molecular formula is C24H31NO2. The number of hydrogen-bond donors (Lipinski definition) is 0. The third-order valence-corrected chi connectivity index (χ3v) is 7.46. The van der Waals surface area contributed by atoms with E-state index in [9.17, 15) is 4.79 Å². The average molecular weight is 366 g/mol. The second-order valence-electron chi connectivity index (χ2n) is 9.01. The fourth-order valence-corrected chi connectivity index (χ4v) is 5.63. The lowest BCUT2D eigenvalue weighted by Crippen LogP contribution is -2.41. The van der Waals surface area contributed by atoms with Gasteiger partial charge in [0.15, 0.2) is 5.69 Å². The molecule has 3 fully saturated rings. The molecule has 1 aromatic carbocycles. The van der Waals surface area contributed by atoms with Crippen LogP contribution >= 0.6 is 0 Å². The highest BCUT2D eigenvalue weighted by Gasteiger charge is 2.39. The number of rotatable bonds is 5. The number of nitrogens with zero attached hydrogens (tertiary/aromatic N) is 1. The minimum atomic E-state index is 0.00257. The van der Waals surface area contributed by atoms with Gasteiger partial charge in [0.1, 0.15) is 6.10 Å². The van der Waals surface area contributed by atoms with E-state index >= 15 is 0 Å². The summed E-state index contributed by atoms with van der Waals surface area (Å²) in [6, 6.07) is 8.13. The third-order valence-electron chi connectivity index (χ3n) is 7.46. The minimum Gasteiger partial charge on any atom is -0.461 e. The number of carbonyl (C=O) groups excluding carboxylic acids is 1. The van der Waals surface area contributed by atoms with Crippen LogP contribution in [0.25, 0.3) is 4.85 Å². The highest BCUT2D eigenvalue weighted by Crippen LogP contribution is 2.44. The lowest BCUT2D eigenvalue weighted by molar-refractivity contribution is -0.176. The first-order chi connectivity index (χ1) is 13.2. The zero-order valence-corrected chi connectivity index (χ0v) is 16.2. The summed E-state index contributed by atoms with van der Waals surface area (Å²) in [5.41, 5.74) is 2.11. The topological polar surface area (TPSA) is 30.7 Å². The van der Waals surface area contributed by atoms with Crippen LogP contribution in [-0.4, -0.2) is 12.1 Å². The first kappa shape index (κ1) is 18.5. The molecule has 2 aliphatic carbocycles. The zero-order chi connectivity index (χ0) is 18.6. The van der Waals surface area contributed by atoms with E-state index in [1.54, 1.807) is 0 Å². The molecule has 1 aliphatic heterocycles. The minimum absolute atomic E-state index is 0.00257. The average Bonchev–Trinajstić information content (AvgIpc) is 2.71. The van der Waals surface area contributed by atoms with Crippen LogP contribution in [0.2, 0.25) is 0 Å². The number of carbonyl (C=O) groups is 1. The van der Waals surface area contributed by atoms with Gasteiger partial charge in [-0.05, 0) is 75.0 Å². The van der Waals surface area contributed by atoms with Crippen LogP contribution in [0.15, 0.2) is 24.3 Å². The van der Waals surface area contributed by atoms with Gasteiger partial charge in [-0.3, -0.25) is 4.79 Å². The quantitative estimate of drug-likeness (QED) is 0.466. The maximum absolute atomic E-state index is 11.0. The van der Waals surface area contributed by atoms with Crippen molar-refractivity contribution in [1.82, 2.24) is 0 Å². The number of aryl methyl sites for hydroxylation is 1. The Kier molecular flexibility index (Phi) is 5.81. The monoisotopic (exact) mass is 365 g/mol. The van der Waals surface area contributed by atoms with Gasteiger partial charge < -0.3 is 4.74 Å². The summed E-state index contributed by atoms with van der Waals surface area (Å²) in [7, 11) is 0. The molecule has 1 heterocycles. The molecule has 27 heavy (non-hydrogen) atoms. The molecule has 0 aromatic heterocycles. The number of cyclic esters (lactones) is 1. The Bertz CT molecular complexity index is 665. The lowest BCUT2D eigenvalue weighted by atomic mass is 9.67. The second kappa shape index (κ2) is 8.46. The fourth-order valence-electron chi connectivity index (χ4n) is 5.63. The summed E-state index contributed by atoms with van der Waals surface area (Å²) < 4.78 is 5.30. The summed E-state index contributed by atoms with van der Waals surface area (Å²) in [5, 5.41) is 0. The Balaban J connectivity index is 1.16.